The molecular formula is C25H25N3O5. The van der Waals surface area contributed by atoms with Crippen LogP contribution in [0, 0.1) is 0 Å². The standard InChI is InChI=1S/C25H25N3O5/c1-16(27-28-25(30)19-13-22(32-3)15-23(14-19)33-4)17-5-9-20(10-6-17)26-24(29)18-7-11-21(31-2)12-8-18/h5-15H,1-4H3,(H,26,29)(H,28,30)/b27-16-. The summed E-state index contributed by atoms with van der Waals surface area (Å²) in [5.41, 5.74) is 5.45. The van der Waals surface area contributed by atoms with Crippen LogP contribution in [0.15, 0.2) is 71.8 Å². The molecule has 0 radical (unpaired) electrons. The molecule has 33 heavy (non-hydrogen) atoms. The highest BCUT2D eigenvalue weighted by molar-refractivity contribution is 6.05. The van der Waals surface area contributed by atoms with Gasteiger partial charge in [-0.3, -0.25) is 9.59 Å². The van der Waals surface area contributed by atoms with Crippen LogP contribution in [-0.2, 0) is 0 Å². The fourth-order valence-electron chi connectivity index (χ4n) is 2.94. The summed E-state index contributed by atoms with van der Waals surface area (Å²) in [6.45, 7) is 1.78. The summed E-state index contributed by atoms with van der Waals surface area (Å²) in [7, 11) is 4.60. The number of benzene rings is 3. The molecule has 2 amide bonds. The Bertz CT molecular complexity index is 1130. The first-order chi connectivity index (χ1) is 15.9. The van der Waals surface area contributed by atoms with Gasteiger partial charge in [0.25, 0.3) is 11.8 Å². The maximum absolute atomic E-state index is 12.5. The average Bonchev–Trinajstić information content (AvgIpc) is 2.87. The summed E-state index contributed by atoms with van der Waals surface area (Å²) in [4.78, 5) is 24.9. The number of carbonyl (C=O) groups is 2. The summed E-state index contributed by atoms with van der Waals surface area (Å²) in [5, 5.41) is 7.01. The Hall–Kier alpha value is -4.33. The van der Waals surface area contributed by atoms with E-state index in [4.69, 9.17) is 14.2 Å². The van der Waals surface area contributed by atoms with E-state index in [0.717, 1.165) is 5.56 Å². The molecule has 0 unspecified atom stereocenters. The number of hydrogen-bond acceptors (Lipinski definition) is 6. The molecule has 8 nitrogen and oxygen atoms in total. The number of nitrogens with one attached hydrogen (secondary N) is 2. The SMILES string of the molecule is COc1ccc(C(=O)Nc2ccc(/C(C)=N\NC(=O)c3cc(OC)cc(OC)c3)cc2)cc1. The van der Waals surface area contributed by atoms with Crippen molar-refractivity contribution in [1.29, 1.82) is 0 Å². The Morgan fingerprint density at radius 3 is 1.76 bits per heavy atom. The van der Waals surface area contributed by atoms with E-state index in [1.807, 2.05) is 12.1 Å². The van der Waals surface area contributed by atoms with Gasteiger partial charge in [-0.1, -0.05) is 12.1 Å². The lowest BCUT2D eigenvalue weighted by atomic mass is 10.1. The first-order valence-corrected chi connectivity index (χ1v) is 10.1. The normalized spacial score (nSPS) is 10.8. The number of hydrazone groups is 1. The van der Waals surface area contributed by atoms with Crippen molar-refractivity contribution in [2.45, 2.75) is 6.92 Å². The number of nitrogens with zero attached hydrogens (tertiary/aromatic N) is 1. The van der Waals surface area contributed by atoms with Gasteiger partial charge < -0.3 is 19.5 Å². The van der Waals surface area contributed by atoms with Crippen molar-refractivity contribution in [2.24, 2.45) is 5.10 Å². The van der Waals surface area contributed by atoms with Crippen LogP contribution in [0.25, 0.3) is 0 Å². The molecule has 0 aliphatic heterocycles. The van der Waals surface area contributed by atoms with E-state index < -0.39 is 5.91 Å². The van der Waals surface area contributed by atoms with Crippen molar-refractivity contribution in [3.63, 3.8) is 0 Å². The number of carbonyl (C=O) groups excluding carboxylic acids is 2. The third kappa shape index (κ3) is 6.10. The van der Waals surface area contributed by atoms with Gasteiger partial charge in [0.05, 0.1) is 27.0 Å². The Balaban J connectivity index is 1.64. The first-order valence-electron chi connectivity index (χ1n) is 10.1. The number of rotatable bonds is 8. The second-order valence-electron chi connectivity index (χ2n) is 7.00. The smallest absolute Gasteiger partial charge is 0.271 e. The lowest BCUT2D eigenvalue weighted by Crippen LogP contribution is -2.19. The number of ether oxygens (including phenoxy) is 3. The molecule has 0 saturated heterocycles. The molecule has 0 aliphatic carbocycles. The highest BCUT2D eigenvalue weighted by atomic mass is 16.5. The third-order valence-corrected chi connectivity index (χ3v) is 4.85. The topological polar surface area (TPSA) is 98.2 Å². The summed E-state index contributed by atoms with van der Waals surface area (Å²) in [5.74, 6) is 1.08. The van der Waals surface area contributed by atoms with E-state index in [9.17, 15) is 9.59 Å². The molecule has 0 spiro atoms. The zero-order chi connectivity index (χ0) is 23.8. The van der Waals surface area contributed by atoms with Gasteiger partial charge >= 0.3 is 0 Å². The minimum atomic E-state index is -0.394. The van der Waals surface area contributed by atoms with E-state index >= 15 is 0 Å². The van der Waals surface area contributed by atoms with Crippen LogP contribution in [0.2, 0.25) is 0 Å². The molecule has 0 atom stereocenters. The minimum Gasteiger partial charge on any atom is -0.497 e. The Labute approximate surface area is 192 Å². The molecule has 3 aromatic rings. The van der Waals surface area contributed by atoms with Crippen molar-refractivity contribution < 1.29 is 23.8 Å². The van der Waals surface area contributed by atoms with Crippen molar-refractivity contribution >= 4 is 23.2 Å². The summed E-state index contributed by atoms with van der Waals surface area (Å²) in [6, 6.07) is 18.9. The van der Waals surface area contributed by atoms with Crippen molar-refractivity contribution in [2.75, 3.05) is 26.6 Å². The lowest BCUT2D eigenvalue weighted by Gasteiger charge is -2.09. The molecule has 2 N–H and O–H groups in total. The van der Waals surface area contributed by atoms with Crippen LogP contribution in [0.5, 0.6) is 17.2 Å². The minimum absolute atomic E-state index is 0.225. The Morgan fingerprint density at radius 2 is 1.21 bits per heavy atom. The molecule has 3 rings (SSSR count). The van der Waals surface area contributed by atoms with Crippen LogP contribution < -0.4 is 25.0 Å². The predicted octanol–water partition coefficient (Wildman–Crippen LogP) is 4.12. The van der Waals surface area contributed by atoms with Crippen LogP contribution in [-0.4, -0.2) is 38.9 Å². The second-order valence-corrected chi connectivity index (χ2v) is 7.00. The van der Waals surface area contributed by atoms with E-state index in [1.165, 1.54) is 14.2 Å². The first kappa shape index (κ1) is 23.3. The van der Waals surface area contributed by atoms with E-state index in [-0.39, 0.29) is 5.91 Å². The molecule has 3 aromatic carbocycles. The maximum Gasteiger partial charge on any atom is 0.271 e. The highest BCUT2D eigenvalue weighted by Gasteiger charge is 2.10. The van der Waals surface area contributed by atoms with E-state index in [0.29, 0.717) is 39.8 Å². The quantitative estimate of drug-likeness (QED) is 0.400. The molecule has 0 fully saturated rings. The number of amides is 2. The van der Waals surface area contributed by atoms with E-state index in [1.54, 1.807) is 68.6 Å². The molecule has 0 heterocycles. The molecule has 0 bridgehead atoms. The zero-order valence-electron chi connectivity index (χ0n) is 18.8. The largest absolute Gasteiger partial charge is 0.497 e. The van der Waals surface area contributed by atoms with Gasteiger partial charge in [-0.25, -0.2) is 5.43 Å². The maximum atomic E-state index is 12.5. The Kier molecular flexibility index (Phi) is 7.64. The lowest BCUT2D eigenvalue weighted by molar-refractivity contribution is 0.0953. The van der Waals surface area contributed by atoms with Gasteiger partial charge in [0.15, 0.2) is 0 Å². The van der Waals surface area contributed by atoms with Crippen LogP contribution in [0.1, 0.15) is 33.2 Å². The fraction of sp³-hybridized carbons (Fsp3) is 0.160. The number of hydrogen-bond donors (Lipinski definition) is 2. The summed E-state index contributed by atoms with van der Waals surface area (Å²) < 4.78 is 15.5. The van der Waals surface area contributed by atoms with Gasteiger partial charge in [0.1, 0.15) is 17.2 Å². The van der Waals surface area contributed by atoms with Crippen molar-refractivity contribution in [3.8, 4) is 17.2 Å². The molecule has 0 saturated carbocycles. The van der Waals surface area contributed by atoms with Gasteiger partial charge in [-0.05, 0) is 61.0 Å². The molecule has 170 valence electrons. The fourth-order valence-corrected chi connectivity index (χ4v) is 2.94. The molecule has 0 aliphatic rings. The number of methoxy groups -OCH3 is 3. The van der Waals surface area contributed by atoms with Gasteiger partial charge in [0, 0.05) is 22.9 Å². The van der Waals surface area contributed by atoms with Crippen LogP contribution in [0.4, 0.5) is 5.69 Å². The zero-order valence-corrected chi connectivity index (χ0v) is 18.8. The molecular weight excluding hydrogens is 422 g/mol. The van der Waals surface area contributed by atoms with Gasteiger partial charge in [-0.2, -0.15) is 5.10 Å². The van der Waals surface area contributed by atoms with Crippen LogP contribution in [0.3, 0.4) is 0 Å². The average molecular weight is 447 g/mol. The molecule has 8 heteroatoms. The van der Waals surface area contributed by atoms with E-state index in [2.05, 4.69) is 15.8 Å². The van der Waals surface area contributed by atoms with Gasteiger partial charge in [-0.15, -0.1) is 0 Å². The molecule has 0 aromatic heterocycles. The van der Waals surface area contributed by atoms with Gasteiger partial charge in [0.2, 0.25) is 0 Å². The van der Waals surface area contributed by atoms with Crippen molar-refractivity contribution in [1.82, 2.24) is 5.43 Å². The van der Waals surface area contributed by atoms with Crippen molar-refractivity contribution in [3.05, 3.63) is 83.4 Å². The summed E-state index contributed by atoms with van der Waals surface area (Å²) >= 11 is 0. The number of anilines is 1. The van der Waals surface area contributed by atoms with Crippen LogP contribution >= 0.6 is 0 Å². The predicted molar refractivity (Wildman–Crippen MR) is 127 cm³/mol. The second kappa shape index (κ2) is 10.8. The summed E-state index contributed by atoms with van der Waals surface area (Å²) in [6.07, 6.45) is 0. The Morgan fingerprint density at radius 1 is 0.667 bits per heavy atom. The third-order valence-electron chi connectivity index (χ3n) is 4.85. The highest BCUT2D eigenvalue weighted by Crippen LogP contribution is 2.22. The monoisotopic (exact) mass is 447 g/mol.